The quantitative estimate of drug-likeness (QED) is 0.914. The Hall–Kier alpha value is -1.74. The van der Waals surface area contributed by atoms with E-state index in [0.29, 0.717) is 12.2 Å². The van der Waals surface area contributed by atoms with Gasteiger partial charge >= 0.3 is 0 Å². The molecule has 2 heterocycles. The van der Waals surface area contributed by atoms with Crippen LogP contribution in [0.5, 0.6) is 0 Å². The van der Waals surface area contributed by atoms with Gasteiger partial charge in [0.05, 0.1) is 5.52 Å². The van der Waals surface area contributed by atoms with Gasteiger partial charge in [0.1, 0.15) is 5.78 Å². The van der Waals surface area contributed by atoms with E-state index < -0.39 is 0 Å². The average molecular weight is 254 g/mol. The highest BCUT2D eigenvalue weighted by molar-refractivity contribution is 5.84. The van der Waals surface area contributed by atoms with E-state index in [1.165, 1.54) is 0 Å². The molecule has 0 atom stereocenters. The number of carbonyl (C=O) groups is 1. The van der Waals surface area contributed by atoms with Crippen LogP contribution in [0, 0.1) is 5.92 Å². The monoisotopic (exact) mass is 254 g/mol. The number of benzene rings is 1. The highest BCUT2D eigenvalue weighted by Gasteiger charge is 2.21. The molecule has 1 aromatic carbocycles. The second kappa shape index (κ2) is 5.49. The summed E-state index contributed by atoms with van der Waals surface area (Å²) in [6, 6.07) is 12.0. The number of rotatable bonds is 3. The molecule has 0 bridgehead atoms. The summed E-state index contributed by atoms with van der Waals surface area (Å²) in [7, 11) is 0. The predicted molar refractivity (Wildman–Crippen MR) is 76.0 cm³/mol. The molecule has 0 spiro atoms. The van der Waals surface area contributed by atoms with Crippen LogP contribution in [0.25, 0.3) is 10.9 Å². The van der Waals surface area contributed by atoms with Gasteiger partial charge in [-0.2, -0.15) is 0 Å². The molecule has 1 aromatic heterocycles. The van der Waals surface area contributed by atoms with Gasteiger partial charge in [0.2, 0.25) is 0 Å². The number of para-hydroxylation sites is 1. The van der Waals surface area contributed by atoms with Gasteiger partial charge in [-0.05, 0) is 38.1 Å². The molecule has 1 aliphatic heterocycles. The first-order chi connectivity index (χ1) is 9.33. The van der Waals surface area contributed by atoms with Gasteiger partial charge in [-0.3, -0.25) is 9.78 Å². The van der Waals surface area contributed by atoms with Crippen molar-refractivity contribution in [3.63, 3.8) is 0 Å². The van der Waals surface area contributed by atoms with E-state index in [1.807, 2.05) is 36.4 Å². The maximum Gasteiger partial charge on any atom is 0.142 e. The van der Waals surface area contributed by atoms with Crippen molar-refractivity contribution < 1.29 is 4.79 Å². The zero-order valence-electron chi connectivity index (χ0n) is 10.9. The Kier molecular flexibility index (Phi) is 3.56. The van der Waals surface area contributed by atoms with Crippen LogP contribution in [0.15, 0.2) is 36.4 Å². The molecule has 1 fully saturated rings. The van der Waals surface area contributed by atoms with Crippen LogP contribution in [0.4, 0.5) is 0 Å². The Morgan fingerprint density at radius 1 is 1.16 bits per heavy atom. The summed E-state index contributed by atoms with van der Waals surface area (Å²) in [5.41, 5.74) is 1.86. The molecule has 3 rings (SSSR count). The van der Waals surface area contributed by atoms with E-state index in [9.17, 15) is 4.79 Å². The van der Waals surface area contributed by atoms with Gasteiger partial charge in [-0.25, -0.2) is 0 Å². The van der Waals surface area contributed by atoms with E-state index in [0.717, 1.165) is 42.5 Å². The number of pyridine rings is 1. The number of nitrogens with one attached hydrogen (secondary N) is 1. The molecule has 1 saturated heterocycles. The standard InChI is InChI=1S/C16H18N2O/c19-16(13-7-9-17-10-8-13)11-14-6-5-12-3-1-2-4-15(12)18-14/h1-6,13,17H,7-11H2. The summed E-state index contributed by atoms with van der Waals surface area (Å²) >= 11 is 0. The molecular weight excluding hydrogens is 236 g/mol. The molecule has 2 aromatic rings. The fourth-order valence-electron chi connectivity index (χ4n) is 2.67. The van der Waals surface area contributed by atoms with E-state index in [2.05, 4.69) is 10.3 Å². The van der Waals surface area contributed by atoms with Crippen molar-refractivity contribution in [2.45, 2.75) is 19.3 Å². The van der Waals surface area contributed by atoms with Crippen LogP contribution in [-0.2, 0) is 11.2 Å². The zero-order chi connectivity index (χ0) is 13.1. The third-order valence-electron chi connectivity index (χ3n) is 3.81. The Labute approximate surface area is 113 Å². The van der Waals surface area contributed by atoms with Crippen molar-refractivity contribution >= 4 is 16.7 Å². The normalized spacial score (nSPS) is 16.6. The highest BCUT2D eigenvalue weighted by Crippen LogP contribution is 2.17. The van der Waals surface area contributed by atoms with Crippen molar-refractivity contribution in [2.75, 3.05) is 13.1 Å². The molecule has 19 heavy (non-hydrogen) atoms. The number of carbonyl (C=O) groups excluding carboxylic acids is 1. The minimum atomic E-state index is 0.217. The van der Waals surface area contributed by atoms with Crippen molar-refractivity contribution in [1.29, 1.82) is 0 Å². The minimum Gasteiger partial charge on any atom is -0.317 e. The van der Waals surface area contributed by atoms with Crippen LogP contribution in [-0.4, -0.2) is 23.9 Å². The van der Waals surface area contributed by atoms with Crippen LogP contribution in [0.2, 0.25) is 0 Å². The molecule has 0 radical (unpaired) electrons. The van der Waals surface area contributed by atoms with Gasteiger partial charge < -0.3 is 5.32 Å². The molecule has 0 unspecified atom stereocenters. The topological polar surface area (TPSA) is 42.0 Å². The second-order valence-corrected chi connectivity index (χ2v) is 5.16. The largest absolute Gasteiger partial charge is 0.317 e. The SMILES string of the molecule is O=C(Cc1ccc2ccccc2n1)C1CCNCC1. The van der Waals surface area contributed by atoms with Gasteiger partial charge in [0.25, 0.3) is 0 Å². The second-order valence-electron chi connectivity index (χ2n) is 5.16. The summed E-state index contributed by atoms with van der Waals surface area (Å²) in [6.45, 7) is 1.92. The Balaban J connectivity index is 1.75. The number of aromatic nitrogens is 1. The van der Waals surface area contributed by atoms with Crippen LogP contribution in [0.3, 0.4) is 0 Å². The fourth-order valence-corrected chi connectivity index (χ4v) is 2.67. The Bertz CT molecular complexity index is 588. The Morgan fingerprint density at radius 3 is 2.79 bits per heavy atom. The lowest BCUT2D eigenvalue weighted by atomic mass is 9.91. The number of ketones is 1. The predicted octanol–water partition coefficient (Wildman–Crippen LogP) is 2.35. The van der Waals surface area contributed by atoms with Crippen molar-refractivity contribution in [2.24, 2.45) is 5.92 Å². The molecule has 3 nitrogen and oxygen atoms in total. The van der Waals surface area contributed by atoms with Gasteiger partial charge in [-0.15, -0.1) is 0 Å². The van der Waals surface area contributed by atoms with Gasteiger partial charge in [-0.1, -0.05) is 24.3 Å². The molecule has 98 valence electrons. The highest BCUT2D eigenvalue weighted by atomic mass is 16.1. The van der Waals surface area contributed by atoms with Crippen molar-refractivity contribution in [3.05, 3.63) is 42.1 Å². The number of hydrogen-bond donors (Lipinski definition) is 1. The zero-order valence-corrected chi connectivity index (χ0v) is 10.9. The van der Waals surface area contributed by atoms with Crippen LogP contribution in [0.1, 0.15) is 18.5 Å². The summed E-state index contributed by atoms with van der Waals surface area (Å²) in [5.74, 6) is 0.554. The molecule has 1 aliphatic rings. The van der Waals surface area contributed by atoms with E-state index in [1.54, 1.807) is 0 Å². The average Bonchev–Trinajstić information content (AvgIpc) is 2.48. The fraction of sp³-hybridized carbons (Fsp3) is 0.375. The molecule has 3 heteroatoms. The molecule has 0 aliphatic carbocycles. The number of piperidine rings is 1. The summed E-state index contributed by atoms with van der Waals surface area (Å²) in [4.78, 5) is 16.8. The molecular formula is C16H18N2O. The maximum atomic E-state index is 12.2. The summed E-state index contributed by atoms with van der Waals surface area (Å²) in [5, 5.41) is 4.42. The van der Waals surface area contributed by atoms with Crippen LogP contribution < -0.4 is 5.32 Å². The first-order valence-electron chi connectivity index (χ1n) is 6.91. The first-order valence-corrected chi connectivity index (χ1v) is 6.91. The van der Waals surface area contributed by atoms with E-state index in [-0.39, 0.29) is 5.92 Å². The lowest BCUT2D eigenvalue weighted by Crippen LogP contribution is -2.32. The van der Waals surface area contributed by atoms with Crippen molar-refractivity contribution in [1.82, 2.24) is 10.3 Å². The Morgan fingerprint density at radius 2 is 1.95 bits per heavy atom. The third kappa shape index (κ3) is 2.82. The number of nitrogens with zero attached hydrogens (tertiary/aromatic N) is 1. The third-order valence-corrected chi connectivity index (χ3v) is 3.81. The maximum absolute atomic E-state index is 12.2. The molecule has 0 saturated carbocycles. The number of hydrogen-bond acceptors (Lipinski definition) is 3. The molecule has 0 amide bonds. The van der Waals surface area contributed by atoms with Gasteiger partial charge in [0, 0.05) is 23.4 Å². The van der Waals surface area contributed by atoms with Gasteiger partial charge in [0.15, 0.2) is 0 Å². The first kappa shape index (κ1) is 12.3. The minimum absolute atomic E-state index is 0.217. The lowest BCUT2D eigenvalue weighted by Gasteiger charge is -2.21. The van der Waals surface area contributed by atoms with E-state index in [4.69, 9.17) is 0 Å². The number of fused-ring (bicyclic) bond motifs is 1. The van der Waals surface area contributed by atoms with E-state index >= 15 is 0 Å². The smallest absolute Gasteiger partial charge is 0.142 e. The van der Waals surface area contributed by atoms with Crippen LogP contribution >= 0.6 is 0 Å². The summed E-state index contributed by atoms with van der Waals surface area (Å²) < 4.78 is 0. The molecule has 1 N–H and O–H groups in total. The number of Topliss-reactive ketones (excluding diaryl/α,β-unsaturated/α-hetero) is 1. The summed E-state index contributed by atoms with van der Waals surface area (Å²) in [6.07, 6.45) is 2.40. The van der Waals surface area contributed by atoms with Crippen molar-refractivity contribution in [3.8, 4) is 0 Å². The lowest BCUT2D eigenvalue weighted by molar-refractivity contribution is -0.122.